The summed E-state index contributed by atoms with van der Waals surface area (Å²) >= 11 is 1.28. The number of hydrogen-bond acceptors (Lipinski definition) is 8. The molecule has 0 aliphatic carbocycles. The van der Waals surface area contributed by atoms with E-state index in [0.29, 0.717) is 52.9 Å². The standard InChI is InChI=1S/C32H28N2O6S/c1-4-13-39-22-8-6-7-19(16-22)28-27(29(35)20-9-12-25-21(15-20)14-18(3)40-25)30(36)31(37)34(28)32-33-24-11-10-23(38-5-2)17-26(24)41-32/h4,6-12,15-18,28,35H,1,5,13-14H2,2-3H3/t18-,28+/m1/s1. The molecule has 0 radical (unpaired) electrons. The number of benzene rings is 3. The fraction of sp³-hybridized carbons (Fsp3) is 0.219. The number of anilines is 1. The fourth-order valence-corrected chi connectivity index (χ4v) is 6.27. The van der Waals surface area contributed by atoms with Gasteiger partial charge in [0.05, 0.1) is 28.4 Å². The van der Waals surface area contributed by atoms with E-state index in [1.807, 2.05) is 38.1 Å². The summed E-state index contributed by atoms with van der Waals surface area (Å²) in [4.78, 5) is 33.4. The minimum absolute atomic E-state index is 0.0166. The first-order chi connectivity index (χ1) is 19.9. The van der Waals surface area contributed by atoms with Crippen LogP contribution in [0, 0.1) is 0 Å². The van der Waals surface area contributed by atoms with Crippen molar-refractivity contribution in [2.75, 3.05) is 18.1 Å². The molecule has 0 unspecified atom stereocenters. The Morgan fingerprint density at radius 1 is 1.15 bits per heavy atom. The van der Waals surface area contributed by atoms with Crippen molar-refractivity contribution in [3.05, 3.63) is 95.6 Å². The Balaban J connectivity index is 1.51. The van der Waals surface area contributed by atoms with E-state index < -0.39 is 17.7 Å². The molecule has 208 valence electrons. The van der Waals surface area contributed by atoms with Gasteiger partial charge < -0.3 is 19.3 Å². The van der Waals surface area contributed by atoms with Gasteiger partial charge in [-0.15, -0.1) is 0 Å². The molecule has 2 aliphatic rings. The average molecular weight is 569 g/mol. The number of thiazole rings is 1. The van der Waals surface area contributed by atoms with Crippen LogP contribution in [-0.4, -0.2) is 41.1 Å². The molecule has 6 rings (SSSR count). The molecule has 9 heteroatoms. The second-order valence-electron chi connectivity index (χ2n) is 9.86. The number of nitrogens with zero attached hydrogens (tertiary/aromatic N) is 2. The molecule has 0 bridgehead atoms. The van der Waals surface area contributed by atoms with Crippen molar-refractivity contribution in [2.45, 2.75) is 32.4 Å². The fourth-order valence-electron chi connectivity index (χ4n) is 5.25. The highest BCUT2D eigenvalue weighted by atomic mass is 32.1. The molecule has 0 saturated carbocycles. The Hall–Kier alpha value is -4.63. The summed E-state index contributed by atoms with van der Waals surface area (Å²) in [5.74, 6) is 0.174. The number of carbonyl (C=O) groups is 2. The first kappa shape index (κ1) is 26.6. The summed E-state index contributed by atoms with van der Waals surface area (Å²) < 4.78 is 18.0. The van der Waals surface area contributed by atoms with Crippen LogP contribution in [0.25, 0.3) is 16.0 Å². The van der Waals surface area contributed by atoms with Crippen molar-refractivity contribution < 1.29 is 28.9 Å². The van der Waals surface area contributed by atoms with Crippen LogP contribution in [-0.2, 0) is 16.0 Å². The number of aliphatic hydroxyl groups is 1. The minimum atomic E-state index is -0.933. The third-order valence-electron chi connectivity index (χ3n) is 7.02. The molecule has 4 aromatic rings. The number of aliphatic hydroxyl groups excluding tert-OH is 1. The highest BCUT2D eigenvalue weighted by Crippen LogP contribution is 2.45. The second kappa shape index (κ2) is 10.7. The van der Waals surface area contributed by atoms with E-state index in [-0.39, 0.29) is 17.4 Å². The molecule has 3 heterocycles. The SMILES string of the molecule is C=CCOc1cccc([C@H]2C(=C(O)c3ccc4c(c3)C[C@@H](C)O4)C(=O)C(=O)N2c2nc3ccc(OCC)cc3s2)c1. The van der Waals surface area contributed by atoms with E-state index in [9.17, 15) is 14.7 Å². The number of ketones is 1. The maximum absolute atomic E-state index is 13.7. The maximum Gasteiger partial charge on any atom is 0.301 e. The number of ether oxygens (including phenoxy) is 3. The predicted octanol–water partition coefficient (Wildman–Crippen LogP) is 6.21. The van der Waals surface area contributed by atoms with Crippen LogP contribution in [0.1, 0.15) is 36.6 Å². The molecular weight excluding hydrogens is 540 g/mol. The summed E-state index contributed by atoms with van der Waals surface area (Å²) in [7, 11) is 0. The van der Waals surface area contributed by atoms with Crippen molar-refractivity contribution in [1.29, 1.82) is 0 Å². The number of fused-ring (bicyclic) bond motifs is 2. The first-order valence-electron chi connectivity index (χ1n) is 13.4. The van der Waals surface area contributed by atoms with Gasteiger partial charge in [0.25, 0.3) is 5.78 Å². The number of amides is 1. The van der Waals surface area contributed by atoms with Crippen LogP contribution in [0.2, 0.25) is 0 Å². The topological polar surface area (TPSA) is 98.2 Å². The van der Waals surface area contributed by atoms with Gasteiger partial charge in [-0.05, 0) is 73.5 Å². The van der Waals surface area contributed by atoms with Crippen molar-refractivity contribution in [3.8, 4) is 17.2 Å². The lowest BCUT2D eigenvalue weighted by Gasteiger charge is -2.23. The van der Waals surface area contributed by atoms with Crippen LogP contribution >= 0.6 is 11.3 Å². The van der Waals surface area contributed by atoms with E-state index >= 15 is 0 Å². The van der Waals surface area contributed by atoms with Crippen LogP contribution in [0.3, 0.4) is 0 Å². The van der Waals surface area contributed by atoms with E-state index in [4.69, 9.17) is 19.2 Å². The Morgan fingerprint density at radius 3 is 2.78 bits per heavy atom. The summed E-state index contributed by atoms with van der Waals surface area (Å²) in [6, 6.07) is 17.0. The van der Waals surface area contributed by atoms with E-state index in [0.717, 1.165) is 16.0 Å². The van der Waals surface area contributed by atoms with Gasteiger partial charge in [-0.3, -0.25) is 14.5 Å². The van der Waals surface area contributed by atoms with E-state index in [2.05, 4.69) is 6.58 Å². The van der Waals surface area contributed by atoms with Gasteiger partial charge in [0.1, 0.15) is 35.7 Å². The van der Waals surface area contributed by atoms with Crippen LogP contribution in [0.4, 0.5) is 5.13 Å². The van der Waals surface area contributed by atoms with Gasteiger partial charge in [0.2, 0.25) is 0 Å². The molecule has 1 fully saturated rings. The molecule has 0 spiro atoms. The van der Waals surface area contributed by atoms with Crippen molar-refractivity contribution in [2.24, 2.45) is 0 Å². The highest BCUT2D eigenvalue weighted by Gasteiger charge is 2.48. The van der Waals surface area contributed by atoms with Gasteiger partial charge in [-0.25, -0.2) is 4.98 Å². The van der Waals surface area contributed by atoms with Crippen molar-refractivity contribution in [1.82, 2.24) is 4.98 Å². The molecule has 2 atom stereocenters. The Labute approximate surface area is 241 Å². The Kier molecular flexibility index (Phi) is 6.96. The summed E-state index contributed by atoms with van der Waals surface area (Å²) in [6.45, 7) is 8.38. The lowest BCUT2D eigenvalue weighted by atomic mass is 9.94. The molecule has 1 N–H and O–H groups in total. The second-order valence-corrected chi connectivity index (χ2v) is 10.9. The Morgan fingerprint density at radius 2 is 1.98 bits per heavy atom. The smallest absolute Gasteiger partial charge is 0.301 e. The minimum Gasteiger partial charge on any atom is -0.507 e. The van der Waals surface area contributed by atoms with Crippen molar-refractivity contribution >= 4 is 44.1 Å². The van der Waals surface area contributed by atoms with Gasteiger partial charge in [-0.2, -0.15) is 0 Å². The molecule has 3 aromatic carbocycles. The zero-order chi connectivity index (χ0) is 28.7. The molecule has 2 aliphatic heterocycles. The number of aromatic nitrogens is 1. The predicted molar refractivity (Wildman–Crippen MR) is 158 cm³/mol. The molecule has 1 amide bonds. The highest BCUT2D eigenvalue weighted by molar-refractivity contribution is 7.22. The quantitative estimate of drug-likeness (QED) is 0.117. The summed E-state index contributed by atoms with van der Waals surface area (Å²) in [5.41, 5.74) is 2.62. The molecule has 1 saturated heterocycles. The summed E-state index contributed by atoms with van der Waals surface area (Å²) in [5, 5.41) is 12.0. The third-order valence-corrected chi connectivity index (χ3v) is 8.04. The summed E-state index contributed by atoms with van der Waals surface area (Å²) in [6.07, 6.45) is 2.34. The molecule has 41 heavy (non-hydrogen) atoms. The number of rotatable bonds is 8. The molecular formula is C32H28N2O6S. The maximum atomic E-state index is 13.7. The first-order valence-corrected chi connectivity index (χ1v) is 14.2. The monoisotopic (exact) mass is 568 g/mol. The number of carbonyl (C=O) groups excluding carboxylic acids is 2. The van der Waals surface area contributed by atoms with Crippen molar-refractivity contribution in [3.63, 3.8) is 0 Å². The molecule has 8 nitrogen and oxygen atoms in total. The molecule has 1 aromatic heterocycles. The van der Waals surface area contributed by atoms with E-state index in [1.54, 1.807) is 42.5 Å². The Bertz CT molecular complexity index is 1720. The zero-order valence-electron chi connectivity index (χ0n) is 22.6. The van der Waals surface area contributed by atoms with Gasteiger partial charge in [0, 0.05) is 12.0 Å². The third kappa shape index (κ3) is 4.82. The lowest BCUT2D eigenvalue weighted by molar-refractivity contribution is -0.132. The number of hydrogen-bond donors (Lipinski definition) is 1. The largest absolute Gasteiger partial charge is 0.507 e. The van der Waals surface area contributed by atoms with E-state index in [1.165, 1.54) is 16.2 Å². The van der Waals surface area contributed by atoms with Gasteiger partial charge >= 0.3 is 5.91 Å². The zero-order valence-corrected chi connectivity index (χ0v) is 23.4. The van der Waals surface area contributed by atoms with Gasteiger partial charge in [0.15, 0.2) is 5.13 Å². The van der Waals surface area contributed by atoms with Crippen LogP contribution < -0.4 is 19.1 Å². The average Bonchev–Trinajstić information content (AvgIpc) is 3.63. The number of Topliss-reactive ketones (excluding diaryl/α,β-unsaturated/α-hetero) is 1. The lowest BCUT2D eigenvalue weighted by Crippen LogP contribution is -2.29. The van der Waals surface area contributed by atoms with Crippen LogP contribution in [0.15, 0.2) is 78.9 Å². The van der Waals surface area contributed by atoms with Crippen LogP contribution in [0.5, 0.6) is 17.2 Å². The normalized spacial score (nSPS) is 19.3. The van der Waals surface area contributed by atoms with Gasteiger partial charge in [-0.1, -0.05) is 36.1 Å².